The predicted molar refractivity (Wildman–Crippen MR) is 94.1 cm³/mol. The molecule has 1 aromatic carbocycles. The molecule has 2 amide bonds. The molecule has 0 unspecified atom stereocenters. The largest absolute Gasteiger partial charge is 0.573 e. The highest BCUT2D eigenvalue weighted by molar-refractivity contribution is 5.98. The second kappa shape index (κ2) is 8.62. The van der Waals surface area contributed by atoms with Gasteiger partial charge in [0.15, 0.2) is 0 Å². The van der Waals surface area contributed by atoms with E-state index in [1.165, 1.54) is 0 Å². The Balaban J connectivity index is 2.30. The second-order valence-electron chi connectivity index (χ2n) is 7.46. The maximum atomic E-state index is 14.8. The summed E-state index contributed by atoms with van der Waals surface area (Å²) in [6, 6.07) is 1.84. The summed E-state index contributed by atoms with van der Waals surface area (Å²) < 4.78 is 80.0. The third-order valence-corrected chi connectivity index (χ3v) is 4.00. The number of ether oxygens (including phenoxy) is 3. The third kappa shape index (κ3) is 5.71. The number of carbonyl (C=O) groups excluding carboxylic acids is 2. The van der Waals surface area contributed by atoms with Gasteiger partial charge in [-0.1, -0.05) is 10.5 Å². The maximum absolute atomic E-state index is 14.8. The summed E-state index contributed by atoms with van der Waals surface area (Å²) in [7, 11) is 1.08. The van der Waals surface area contributed by atoms with Crippen LogP contribution in [0.5, 0.6) is 5.75 Å². The first kappa shape index (κ1) is 23.6. The molecule has 0 spiro atoms. The van der Waals surface area contributed by atoms with Crippen LogP contribution in [0.3, 0.4) is 0 Å². The average Bonchev–Trinajstić information content (AvgIpc) is 2.94. The number of alkyl halides is 4. The normalized spacial score (nSPS) is 22.0. The molecule has 0 radical (unpaired) electrons. The number of methoxy groups -OCH3 is 1. The lowest BCUT2D eigenvalue weighted by Crippen LogP contribution is -2.51. The first-order valence-electron chi connectivity index (χ1n) is 8.75. The summed E-state index contributed by atoms with van der Waals surface area (Å²) in [4.78, 5) is 25.8. The van der Waals surface area contributed by atoms with E-state index >= 15 is 0 Å². The Morgan fingerprint density at radius 2 is 1.83 bits per heavy atom. The monoisotopic (exact) mass is 440 g/mol. The quantitative estimate of drug-likeness (QED) is 0.527. The predicted octanol–water partition coefficient (Wildman–Crippen LogP) is 3.78. The molecule has 0 aromatic heterocycles. The van der Waals surface area contributed by atoms with Crippen molar-refractivity contribution in [2.75, 3.05) is 18.8 Å². The van der Waals surface area contributed by atoms with E-state index in [2.05, 4.69) is 4.74 Å². The highest BCUT2D eigenvalue weighted by Crippen LogP contribution is 2.31. The van der Waals surface area contributed by atoms with E-state index in [-0.39, 0.29) is 0 Å². The van der Waals surface area contributed by atoms with Crippen molar-refractivity contribution in [1.29, 1.82) is 0 Å². The molecule has 3 atom stereocenters. The summed E-state index contributed by atoms with van der Waals surface area (Å²) in [6.45, 7) is 4.05. The fourth-order valence-corrected chi connectivity index (χ4v) is 2.89. The Morgan fingerprint density at radius 1 is 1.20 bits per heavy atom. The van der Waals surface area contributed by atoms with Crippen molar-refractivity contribution in [3.8, 4) is 5.75 Å². The number of hydrogen-bond acceptors (Lipinski definition) is 5. The van der Waals surface area contributed by atoms with Gasteiger partial charge in [-0.25, -0.2) is 9.18 Å². The zero-order valence-electron chi connectivity index (χ0n) is 16.6. The van der Waals surface area contributed by atoms with Gasteiger partial charge in [0.05, 0.1) is 12.2 Å². The molecule has 7 nitrogen and oxygen atoms in total. The maximum Gasteiger partial charge on any atom is 0.573 e. The molecule has 1 aliphatic heterocycles. The van der Waals surface area contributed by atoms with Crippen molar-refractivity contribution in [1.82, 2.24) is 4.90 Å². The summed E-state index contributed by atoms with van der Waals surface area (Å²) in [5, 5.41) is -0.491. The van der Waals surface area contributed by atoms with Gasteiger partial charge in [-0.3, -0.25) is 9.69 Å². The molecule has 1 aliphatic rings. The fraction of sp³-hybridized carbons (Fsp3) is 0.556. The highest BCUT2D eigenvalue weighted by Gasteiger charge is 2.51. The van der Waals surface area contributed by atoms with Crippen molar-refractivity contribution in [2.45, 2.75) is 51.1 Å². The lowest BCUT2D eigenvalue weighted by atomic mass is 10.1. The molecule has 2 rings (SSSR count). The number of halogens is 5. The van der Waals surface area contributed by atoms with Crippen LogP contribution in [0.2, 0.25) is 0 Å². The van der Waals surface area contributed by atoms with E-state index in [4.69, 9.17) is 9.47 Å². The number of carbonyl (C=O) groups is 2. The lowest BCUT2D eigenvalue weighted by molar-refractivity contribution is -0.274. The Hall–Kier alpha value is -2.63. The standard InChI is InChI=1S/C18H21F5N2O5/c1-17(2,3)30-16(27)24-9-12(19)14(28-4)13(24)15(26)25(23)10-6-5-7-11(8-10)29-18(20,21)22/h5-8,12-14H,9H2,1-4H3/t12-,13-,14+/m0/s1. The number of hydrogen-bond donors (Lipinski definition) is 0. The van der Waals surface area contributed by atoms with Crippen LogP contribution in [-0.2, 0) is 14.3 Å². The van der Waals surface area contributed by atoms with Crippen LogP contribution in [0.25, 0.3) is 0 Å². The van der Waals surface area contributed by atoms with Crippen molar-refractivity contribution < 1.29 is 45.8 Å². The van der Waals surface area contributed by atoms with Crippen molar-refractivity contribution in [2.24, 2.45) is 0 Å². The van der Waals surface area contributed by atoms with E-state index in [0.717, 1.165) is 25.3 Å². The van der Waals surface area contributed by atoms with Gasteiger partial charge in [0.25, 0.3) is 5.91 Å². The average molecular weight is 440 g/mol. The minimum Gasteiger partial charge on any atom is -0.444 e. The van der Waals surface area contributed by atoms with E-state index in [1.807, 2.05) is 0 Å². The van der Waals surface area contributed by atoms with Crippen molar-refractivity contribution in [3.63, 3.8) is 0 Å². The lowest BCUT2D eigenvalue weighted by Gasteiger charge is -2.30. The van der Waals surface area contributed by atoms with Gasteiger partial charge in [0, 0.05) is 13.2 Å². The highest BCUT2D eigenvalue weighted by atomic mass is 19.4. The fourth-order valence-electron chi connectivity index (χ4n) is 2.89. The molecule has 30 heavy (non-hydrogen) atoms. The minimum absolute atomic E-state index is 0.491. The summed E-state index contributed by atoms with van der Waals surface area (Å²) in [5.41, 5.74) is -1.58. The Kier molecular flexibility index (Phi) is 6.80. The van der Waals surface area contributed by atoms with Gasteiger partial charge in [-0.2, -0.15) is 0 Å². The first-order valence-corrected chi connectivity index (χ1v) is 8.75. The summed E-state index contributed by atoms with van der Waals surface area (Å²) in [5.74, 6) is -2.19. The molecular formula is C18H21F5N2O5. The molecule has 168 valence electrons. The molecule has 1 heterocycles. The number of rotatable bonds is 4. The smallest absolute Gasteiger partial charge is 0.444 e. The molecule has 0 saturated carbocycles. The molecule has 12 heteroatoms. The van der Waals surface area contributed by atoms with Crippen LogP contribution < -0.4 is 9.86 Å². The minimum atomic E-state index is -5.02. The van der Waals surface area contributed by atoms with Crippen molar-refractivity contribution >= 4 is 17.7 Å². The number of likely N-dealkylation sites (tertiary alicyclic amines) is 1. The Labute approximate surface area is 169 Å². The van der Waals surface area contributed by atoms with E-state index in [9.17, 15) is 31.6 Å². The van der Waals surface area contributed by atoms with E-state index < -0.39 is 65.4 Å². The number of benzene rings is 1. The Morgan fingerprint density at radius 3 is 2.37 bits per heavy atom. The van der Waals surface area contributed by atoms with E-state index in [0.29, 0.717) is 11.0 Å². The van der Waals surface area contributed by atoms with Crippen LogP contribution in [0.4, 0.5) is 32.5 Å². The Bertz CT molecular complexity index is 783. The van der Waals surface area contributed by atoms with Crippen LogP contribution in [-0.4, -0.2) is 60.8 Å². The topological polar surface area (TPSA) is 68.3 Å². The van der Waals surface area contributed by atoms with Gasteiger partial charge in [-0.05, 0) is 32.9 Å². The zero-order valence-corrected chi connectivity index (χ0v) is 16.6. The van der Waals surface area contributed by atoms with Crippen LogP contribution in [0, 0.1) is 0 Å². The number of amides is 2. The van der Waals surface area contributed by atoms with Crippen LogP contribution in [0.15, 0.2) is 24.3 Å². The number of nitrogens with zero attached hydrogens (tertiary/aromatic N) is 2. The summed E-state index contributed by atoms with van der Waals surface area (Å²) in [6.07, 6.45) is -9.40. The number of anilines is 1. The van der Waals surface area contributed by atoms with Crippen molar-refractivity contribution in [3.05, 3.63) is 24.3 Å². The SMILES string of the molecule is CO[C@H]1[C@@H](C(=O)N(F)c2cccc(OC(F)(F)F)c2)N(C(=O)OC(C)(C)C)C[C@@H]1F. The third-order valence-electron chi connectivity index (χ3n) is 4.00. The van der Waals surface area contributed by atoms with Gasteiger partial charge in [-0.15, -0.1) is 18.3 Å². The molecule has 1 aromatic rings. The van der Waals surface area contributed by atoms with Gasteiger partial charge >= 0.3 is 12.5 Å². The zero-order chi connectivity index (χ0) is 22.9. The molecule has 0 bridgehead atoms. The molecule has 1 saturated heterocycles. The van der Waals surface area contributed by atoms with Gasteiger partial charge < -0.3 is 14.2 Å². The van der Waals surface area contributed by atoms with E-state index in [1.54, 1.807) is 20.8 Å². The second-order valence-corrected chi connectivity index (χ2v) is 7.46. The molecule has 0 aliphatic carbocycles. The summed E-state index contributed by atoms with van der Waals surface area (Å²) >= 11 is 0. The first-order chi connectivity index (χ1) is 13.7. The molecule has 1 fully saturated rings. The van der Waals surface area contributed by atoms with Crippen LogP contribution in [0.1, 0.15) is 20.8 Å². The molecular weight excluding hydrogens is 419 g/mol. The molecule has 0 N–H and O–H groups in total. The van der Waals surface area contributed by atoms with Gasteiger partial charge in [0.1, 0.15) is 29.7 Å². The van der Waals surface area contributed by atoms with Gasteiger partial charge in [0.2, 0.25) is 0 Å². The van der Waals surface area contributed by atoms with Crippen LogP contribution >= 0.6 is 0 Å².